The molecular formula is C16H16N2O2S. The number of anilines is 1. The fourth-order valence-corrected chi connectivity index (χ4v) is 3.01. The molecule has 0 spiro atoms. The topological polar surface area (TPSA) is 70.0 Å². The van der Waals surface area contributed by atoms with E-state index in [1.165, 1.54) is 0 Å². The quantitative estimate of drug-likeness (QED) is 0.921. The number of benzene rings is 2. The predicted molar refractivity (Wildman–Crippen MR) is 82.4 cm³/mol. The minimum Gasteiger partial charge on any atom is -0.280 e. The average Bonchev–Trinajstić information content (AvgIpc) is 2.48. The summed E-state index contributed by atoms with van der Waals surface area (Å²) in [4.78, 5) is 0.228. The standard InChI is InChI=1S/C16H16N2O2S/c1-2-3-13-6-10-16(11-7-13)21(19,20)18-15-8-4-14(12-17)5-9-15/h4-11,18H,2-3H2,1H3. The second-order valence-electron chi connectivity index (χ2n) is 4.69. The number of nitrogens with one attached hydrogen (secondary N) is 1. The van der Waals surface area contributed by atoms with Gasteiger partial charge in [0, 0.05) is 5.69 Å². The molecule has 0 atom stereocenters. The number of rotatable bonds is 5. The Hall–Kier alpha value is -2.32. The van der Waals surface area contributed by atoms with Crippen LogP contribution < -0.4 is 4.72 Å². The SMILES string of the molecule is CCCc1ccc(S(=O)(=O)Nc2ccc(C#N)cc2)cc1. The fraction of sp³-hybridized carbons (Fsp3) is 0.188. The third-order valence-electron chi connectivity index (χ3n) is 3.04. The first-order valence-electron chi connectivity index (χ1n) is 6.67. The average molecular weight is 300 g/mol. The first-order valence-corrected chi connectivity index (χ1v) is 8.15. The molecule has 4 nitrogen and oxygen atoms in total. The molecule has 0 bridgehead atoms. The molecule has 0 aliphatic heterocycles. The van der Waals surface area contributed by atoms with Crippen LogP contribution in [0.4, 0.5) is 5.69 Å². The molecule has 0 saturated carbocycles. The third kappa shape index (κ3) is 3.83. The molecule has 2 aromatic carbocycles. The lowest BCUT2D eigenvalue weighted by atomic mass is 10.1. The fourth-order valence-electron chi connectivity index (χ4n) is 1.95. The number of aryl methyl sites for hydroxylation is 1. The molecule has 0 amide bonds. The van der Waals surface area contributed by atoms with Crippen molar-refractivity contribution in [2.24, 2.45) is 0 Å². The zero-order valence-corrected chi connectivity index (χ0v) is 12.5. The molecule has 2 rings (SSSR count). The van der Waals surface area contributed by atoms with Gasteiger partial charge in [-0.1, -0.05) is 25.5 Å². The number of sulfonamides is 1. The number of hydrogen-bond donors (Lipinski definition) is 1. The van der Waals surface area contributed by atoms with E-state index in [2.05, 4.69) is 11.6 Å². The van der Waals surface area contributed by atoms with Crippen molar-refractivity contribution in [3.63, 3.8) is 0 Å². The molecule has 108 valence electrons. The van der Waals surface area contributed by atoms with Crippen molar-refractivity contribution in [2.75, 3.05) is 4.72 Å². The molecule has 0 saturated heterocycles. The van der Waals surface area contributed by atoms with Gasteiger partial charge < -0.3 is 0 Å². The smallest absolute Gasteiger partial charge is 0.261 e. The van der Waals surface area contributed by atoms with Crippen LogP contribution in [-0.2, 0) is 16.4 Å². The van der Waals surface area contributed by atoms with Crippen LogP contribution in [0.25, 0.3) is 0 Å². The summed E-state index contributed by atoms with van der Waals surface area (Å²) in [5.41, 5.74) is 2.04. The van der Waals surface area contributed by atoms with Crippen LogP contribution in [0.1, 0.15) is 24.5 Å². The second kappa shape index (κ2) is 6.42. The summed E-state index contributed by atoms with van der Waals surface area (Å²) in [6.07, 6.45) is 1.96. The van der Waals surface area contributed by atoms with Gasteiger partial charge in [-0.05, 0) is 48.4 Å². The van der Waals surface area contributed by atoms with Gasteiger partial charge in [-0.25, -0.2) is 8.42 Å². The summed E-state index contributed by atoms with van der Waals surface area (Å²) in [6, 6.07) is 15.2. The van der Waals surface area contributed by atoms with Gasteiger partial charge in [0.05, 0.1) is 16.5 Å². The summed E-state index contributed by atoms with van der Waals surface area (Å²) in [5, 5.41) is 8.72. The first-order chi connectivity index (χ1) is 10.0. The maximum absolute atomic E-state index is 12.2. The summed E-state index contributed by atoms with van der Waals surface area (Å²) in [6.45, 7) is 2.08. The molecule has 0 heterocycles. The molecule has 0 fully saturated rings. The lowest BCUT2D eigenvalue weighted by Gasteiger charge is -2.08. The number of hydrogen-bond acceptors (Lipinski definition) is 3. The van der Waals surface area contributed by atoms with E-state index in [1.54, 1.807) is 36.4 Å². The Balaban J connectivity index is 2.19. The molecule has 0 radical (unpaired) electrons. The van der Waals surface area contributed by atoms with Crippen molar-refractivity contribution in [2.45, 2.75) is 24.7 Å². The van der Waals surface area contributed by atoms with Crippen molar-refractivity contribution < 1.29 is 8.42 Å². The van der Waals surface area contributed by atoms with Crippen LogP contribution >= 0.6 is 0 Å². The zero-order valence-electron chi connectivity index (χ0n) is 11.7. The Bertz CT molecular complexity index is 742. The predicted octanol–water partition coefficient (Wildman–Crippen LogP) is 3.31. The van der Waals surface area contributed by atoms with Crippen LogP contribution in [0.2, 0.25) is 0 Å². The Morgan fingerprint density at radius 1 is 1.05 bits per heavy atom. The Kier molecular flexibility index (Phi) is 4.61. The van der Waals surface area contributed by atoms with Gasteiger partial charge in [0.2, 0.25) is 0 Å². The lowest BCUT2D eigenvalue weighted by molar-refractivity contribution is 0.601. The van der Waals surface area contributed by atoms with E-state index in [9.17, 15) is 8.42 Å². The second-order valence-corrected chi connectivity index (χ2v) is 6.37. The summed E-state index contributed by atoms with van der Waals surface area (Å²) in [5.74, 6) is 0. The summed E-state index contributed by atoms with van der Waals surface area (Å²) < 4.78 is 27.0. The minimum atomic E-state index is -3.60. The van der Waals surface area contributed by atoms with E-state index >= 15 is 0 Å². The maximum atomic E-state index is 12.2. The van der Waals surface area contributed by atoms with Gasteiger partial charge >= 0.3 is 0 Å². The Morgan fingerprint density at radius 2 is 1.67 bits per heavy atom. The van der Waals surface area contributed by atoms with E-state index in [0.29, 0.717) is 11.3 Å². The molecule has 0 aliphatic carbocycles. The van der Waals surface area contributed by atoms with E-state index in [-0.39, 0.29) is 4.90 Å². The molecule has 2 aromatic rings. The molecule has 0 aromatic heterocycles. The summed E-state index contributed by atoms with van der Waals surface area (Å²) in [7, 11) is -3.60. The lowest BCUT2D eigenvalue weighted by Crippen LogP contribution is -2.12. The molecule has 1 N–H and O–H groups in total. The van der Waals surface area contributed by atoms with Gasteiger partial charge in [0.1, 0.15) is 0 Å². The molecule has 21 heavy (non-hydrogen) atoms. The monoisotopic (exact) mass is 300 g/mol. The zero-order chi connectivity index (χ0) is 15.3. The van der Waals surface area contributed by atoms with E-state index in [0.717, 1.165) is 18.4 Å². The highest BCUT2D eigenvalue weighted by molar-refractivity contribution is 7.92. The molecular weight excluding hydrogens is 284 g/mol. The largest absolute Gasteiger partial charge is 0.280 e. The molecule has 5 heteroatoms. The highest BCUT2D eigenvalue weighted by Crippen LogP contribution is 2.17. The van der Waals surface area contributed by atoms with Gasteiger partial charge in [-0.3, -0.25) is 4.72 Å². The van der Waals surface area contributed by atoms with Crippen molar-refractivity contribution in [1.29, 1.82) is 5.26 Å². The summed E-state index contributed by atoms with van der Waals surface area (Å²) >= 11 is 0. The van der Waals surface area contributed by atoms with Crippen LogP contribution in [0.3, 0.4) is 0 Å². The van der Waals surface area contributed by atoms with E-state index in [1.807, 2.05) is 18.2 Å². The van der Waals surface area contributed by atoms with E-state index < -0.39 is 10.0 Å². The van der Waals surface area contributed by atoms with Crippen LogP contribution in [0.15, 0.2) is 53.4 Å². The van der Waals surface area contributed by atoms with Gasteiger partial charge in [0.15, 0.2) is 0 Å². The van der Waals surface area contributed by atoms with Crippen LogP contribution in [0, 0.1) is 11.3 Å². The van der Waals surface area contributed by atoms with Gasteiger partial charge in [0.25, 0.3) is 10.0 Å². The van der Waals surface area contributed by atoms with Crippen molar-refractivity contribution in [1.82, 2.24) is 0 Å². The Labute approximate surface area is 125 Å². The van der Waals surface area contributed by atoms with Crippen molar-refractivity contribution >= 4 is 15.7 Å². The normalized spacial score (nSPS) is 10.9. The van der Waals surface area contributed by atoms with Gasteiger partial charge in [-0.15, -0.1) is 0 Å². The van der Waals surface area contributed by atoms with Crippen molar-refractivity contribution in [3.05, 3.63) is 59.7 Å². The van der Waals surface area contributed by atoms with Crippen LogP contribution in [0.5, 0.6) is 0 Å². The minimum absolute atomic E-state index is 0.228. The highest BCUT2D eigenvalue weighted by Gasteiger charge is 2.13. The van der Waals surface area contributed by atoms with E-state index in [4.69, 9.17) is 5.26 Å². The Morgan fingerprint density at radius 3 is 2.19 bits per heavy atom. The van der Waals surface area contributed by atoms with Crippen molar-refractivity contribution in [3.8, 4) is 6.07 Å². The van der Waals surface area contributed by atoms with Gasteiger partial charge in [-0.2, -0.15) is 5.26 Å². The molecule has 0 unspecified atom stereocenters. The van der Waals surface area contributed by atoms with Crippen LogP contribution in [-0.4, -0.2) is 8.42 Å². The first kappa shape index (κ1) is 15.1. The maximum Gasteiger partial charge on any atom is 0.261 e. The highest BCUT2D eigenvalue weighted by atomic mass is 32.2. The number of nitrogens with zero attached hydrogens (tertiary/aromatic N) is 1. The number of nitriles is 1. The molecule has 0 aliphatic rings. The third-order valence-corrected chi connectivity index (χ3v) is 4.44.